The van der Waals surface area contributed by atoms with E-state index in [1.807, 2.05) is 52.0 Å². The van der Waals surface area contributed by atoms with Gasteiger partial charge in [-0.25, -0.2) is 0 Å². The van der Waals surface area contributed by atoms with E-state index in [0.717, 1.165) is 11.3 Å². The van der Waals surface area contributed by atoms with Crippen LogP contribution in [-0.2, 0) is 0 Å². The Bertz CT molecular complexity index is 450. The van der Waals surface area contributed by atoms with E-state index in [1.54, 1.807) is 0 Å². The third-order valence-electron chi connectivity index (χ3n) is 2.62. The molecule has 0 fully saturated rings. The lowest BCUT2D eigenvalue weighted by Crippen LogP contribution is -2.44. The van der Waals surface area contributed by atoms with E-state index in [-0.39, 0.29) is 12.7 Å². The summed E-state index contributed by atoms with van der Waals surface area (Å²) in [7, 11) is 0. The molecule has 0 radical (unpaired) electrons. The number of hydrogen-bond acceptors (Lipinski definition) is 4. The first kappa shape index (κ1) is 15.5. The highest BCUT2D eigenvalue weighted by molar-refractivity contribution is 5.33. The second kappa shape index (κ2) is 6.55. The fraction of sp³-hybridized carbons (Fsp3) is 0.533. The Labute approximate surface area is 115 Å². The van der Waals surface area contributed by atoms with Crippen LogP contribution in [0.4, 0.5) is 0 Å². The molecule has 0 saturated heterocycles. The molecule has 1 rings (SSSR count). The number of aliphatic hydroxyl groups excluding tert-OH is 1. The van der Waals surface area contributed by atoms with E-state index in [4.69, 9.17) is 4.74 Å². The Morgan fingerprint density at radius 3 is 2.63 bits per heavy atom. The zero-order chi connectivity index (χ0) is 14.5. The summed E-state index contributed by atoms with van der Waals surface area (Å²) in [5.74, 6) is 0.747. The number of nitriles is 1. The van der Waals surface area contributed by atoms with Crippen LogP contribution in [0.3, 0.4) is 0 Å². The summed E-state index contributed by atoms with van der Waals surface area (Å²) >= 11 is 0. The molecule has 0 aromatic heterocycles. The maximum atomic E-state index is 9.28. The minimum absolute atomic E-state index is 0.0344. The molecule has 0 saturated carbocycles. The molecule has 19 heavy (non-hydrogen) atoms. The zero-order valence-electron chi connectivity index (χ0n) is 12.0. The van der Waals surface area contributed by atoms with Gasteiger partial charge in [-0.2, -0.15) is 5.26 Å². The Hall–Kier alpha value is -1.57. The van der Waals surface area contributed by atoms with Gasteiger partial charge in [-0.1, -0.05) is 12.1 Å². The standard InChI is InChI=1S/C15H22N2O2/c1-11(2)19-13-7-5-6-12(8-13)14(9-16)17-15(3,4)10-18/h5-8,11,14,17-18H,10H2,1-4H3. The molecule has 0 aliphatic rings. The predicted molar refractivity (Wildman–Crippen MR) is 74.9 cm³/mol. The van der Waals surface area contributed by atoms with Crippen molar-refractivity contribution in [3.63, 3.8) is 0 Å². The average Bonchev–Trinajstić information content (AvgIpc) is 2.35. The predicted octanol–water partition coefficient (Wildman–Crippen LogP) is 2.40. The van der Waals surface area contributed by atoms with Gasteiger partial charge in [-0.3, -0.25) is 5.32 Å². The molecule has 0 heterocycles. The molecular formula is C15H22N2O2. The molecule has 4 nitrogen and oxygen atoms in total. The van der Waals surface area contributed by atoms with Crippen molar-refractivity contribution < 1.29 is 9.84 Å². The molecule has 1 aromatic rings. The summed E-state index contributed by atoms with van der Waals surface area (Å²) in [6.45, 7) is 7.59. The van der Waals surface area contributed by atoms with Crippen molar-refractivity contribution in [3.8, 4) is 11.8 Å². The van der Waals surface area contributed by atoms with Crippen molar-refractivity contribution >= 4 is 0 Å². The summed E-state index contributed by atoms with van der Waals surface area (Å²) in [6.07, 6.45) is 0.0950. The van der Waals surface area contributed by atoms with Crippen LogP contribution in [0, 0.1) is 11.3 Å². The summed E-state index contributed by atoms with van der Waals surface area (Å²) in [4.78, 5) is 0. The fourth-order valence-corrected chi connectivity index (χ4v) is 1.67. The number of ether oxygens (including phenoxy) is 1. The van der Waals surface area contributed by atoms with Crippen LogP contribution in [0.2, 0.25) is 0 Å². The topological polar surface area (TPSA) is 65.3 Å². The lowest BCUT2D eigenvalue weighted by molar-refractivity contribution is 0.182. The summed E-state index contributed by atoms with van der Waals surface area (Å²) in [6, 6.07) is 9.21. The van der Waals surface area contributed by atoms with Gasteiger partial charge >= 0.3 is 0 Å². The molecule has 1 atom stereocenters. The minimum Gasteiger partial charge on any atom is -0.491 e. The molecule has 0 bridgehead atoms. The van der Waals surface area contributed by atoms with Gasteiger partial charge in [0.15, 0.2) is 0 Å². The third-order valence-corrected chi connectivity index (χ3v) is 2.62. The Kier molecular flexibility index (Phi) is 5.34. The highest BCUT2D eigenvalue weighted by Crippen LogP contribution is 2.21. The number of nitrogens with zero attached hydrogens (tertiary/aromatic N) is 1. The number of nitrogens with one attached hydrogen (secondary N) is 1. The van der Waals surface area contributed by atoms with Gasteiger partial charge in [0, 0.05) is 5.54 Å². The van der Waals surface area contributed by atoms with E-state index in [2.05, 4.69) is 11.4 Å². The highest BCUT2D eigenvalue weighted by atomic mass is 16.5. The maximum absolute atomic E-state index is 9.28. The number of hydrogen-bond donors (Lipinski definition) is 2. The van der Waals surface area contributed by atoms with Gasteiger partial charge in [-0.15, -0.1) is 0 Å². The van der Waals surface area contributed by atoms with Crippen molar-refractivity contribution in [1.29, 1.82) is 5.26 Å². The van der Waals surface area contributed by atoms with Gasteiger partial charge in [0.1, 0.15) is 11.8 Å². The van der Waals surface area contributed by atoms with Crippen LogP contribution in [0.1, 0.15) is 39.3 Å². The first-order valence-corrected chi connectivity index (χ1v) is 6.43. The molecular weight excluding hydrogens is 240 g/mol. The Morgan fingerprint density at radius 2 is 2.11 bits per heavy atom. The average molecular weight is 262 g/mol. The van der Waals surface area contributed by atoms with Crippen LogP contribution >= 0.6 is 0 Å². The van der Waals surface area contributed by atoms with Crippen molar-refractivity contribution in [2.45, 2.75) is 45.4 Å². The quantitative estimate of drug-likeness (QED) is 0.826. The van der Waals surface area contributed by atoms with E-state index >= 15 is 0 Å². The number of aliphatic hydroxyl groups is 1. The van der Waals surface area contributed by atoms with Gasteiger partial charge in [-0.05, 0) is 45.4 Å². The molecule has 4 heteroatoms. The molecule has 1 unspecified atom stereocenters. The molecule has 0 amide bonds. The van der Waals surface area contributed by atoms with Crippen LogP contribution in [-0.4, -0.2) is 23.4 Å². The van der Waals surface area contributed by atoms with Crippen LogP contribution < -0.4 is 10.1 Å². The summed E-state index contributed by atoms with van der Waals surface area (Å²) in [5.41, 5.74) is 0.331. The second-order valence-corrected chi connectivity index (χ2v) is 5.49. The zero-order valence-corrected chi connectivity index (χ0v) is 12.0. The highest BCUT2D eigenvalue weighted by Gasteiger charge is 2.22. The van der Waals surface area contributed by atoms with Gasteiger partial charge < -0.3 is 9.84 Å². The van der Waals surface area contributed by atoms with Crippen molar-refractivity contribution in [1.82, 2.24) is 5.32 Å². The molecule has 1 aromatic carbocycles. The van der Waals surface area contributed by atoms with Gasteiger partial charge in [0.05, 0.1) is 18.8 Å². The first-order chi connectivity index (χ1) is 8.88. The van der Waals surface area contributed by atoms with Crippen molar-refractivity contribution in [2.75, 3.05) is 6.61 Å². The Balaban J connectivity index is 2.90. The molecule has 0 spiro atoms. The van der Waals surface area contributed by atoms with Crippen LogP contribution in [0.5, 0.6) is 5.75 Å². The first-order valence-electron chi connectivity index (χ1n) is 6.43. The summed E-state index contributed by atoms with van der Waals surface area (Å²) < 4.78 is 5.62. The number of benzene rings is 1. The van der Waals surface area contributed by atoms with Crippen LogP contribution in [0.25, 0.3) is 0 Å². The normalized spacial score (nSPS) is 13.1. The van der Waals surface area contributed by atoms with Gasteiger partial charge in [0.25, 0.3) is 0 Å². The second-order valence-electron chi connectivity index (χ2n) is 5.49. The molecule has 0 aliphatic carbocycles. The largest absolute Gasteiger partial charge is 0.491 e. The SMILES string of the molecule is CC(C)Oc1cccc(C(C#N)NC(C)(C)CO)c1. The van der Waals surface area contributed by atoms with Crippen LogP contribution in [0.15, 0.2) is 24.3 Å². The number of rotatable bonds is 6. The van der Waals surface area contributed by atoms with Crippen molar-refractivity contribution in [3.05, 3.63) is 29.8 Å². The van der Waals surface area contributed by atoms with Gasteiger partial charge in [0.2, 0.25) is 0 Å². The Morgan fingerprint density at radius 1 is 1.42 bits per heavy atom. The van der Waals surface area contributed by atoms with E-state index in [0.29, 0.717) is 0 Å². The van der Waals surface area contributed by atoms with E-state index in [9.17, 15) is 10.4 Å². The maximum Gasteiger partial charge on any atom is 0.121 e. The monoisotopic (exact) mass is 262 g/mol. The lowest BCUT2D eigenvalue weighted by atomic mass is 10.0. The minimum atomic E-state index is -0.505. The fourth-order valence-electron chi connectivity index (χ4n) is 1.67. The van der Waals surface area contributed by atoms with E-state index < -0.39 is 11.6 Å². The molecule has 104 valence electrons. The lowest BCUT2D eigenvalue weighted by Gasteiger charge is -2.27. The van der Waals surface area contributed by atoms with E-state index in [1.165, 1.54) is 0 Å². The third kappa shape index (κ3) is 4.90. The summed E-state index contributed by atoms with van der Waals surface area (Å²) in [5, 5.41) is 21.7. The smallest absolute Gasteiger partial charge is 0.121 e. The van der Waals surface area contributed by atoms with Crippen molar-refractivity contribution in [2.24, 2.45) is 0 Å². The molecule has 2 N–H and O–H groups in total. The molecule has 0 aliphatic heterocycles.